The van der Waals surface area contributed by atoms with Crippen molar-refractivity contribution in [3.63, 3.8) is 0 Å². The highest BCUT2D eigenvalue weighted by Crippen LogP contribution is 2.02. The van der Waals surface area contributed by atoms with Gasteiger partial charge in [-0.15, -0.1) is 0 Å². The second kappa shape index (κ2) is 9.04. The molecule has 0 aromatic heterocycles. The molecule has 0 amide bonds. The van der Waals surface area contributed by atoms with Gasteiger partial charge >= 0.3 is 5.97 Å². The lowest BCUT2D eigenvalue weighted by Crippen LogP contribution is -2.36. The van der Waals surface area contributed by atoms with E-state index < -0.39 is 0 Å². The molecule has 0 aromatic rings. The van der Waals surface area contributed by atoms with E-state index in [0.29, 0.717) is 19.1 Å². The molecule has 0 aliphatic carbocycles. The van der Waals surface area contributed by atoms with Crippen LogP contribution in [0.15, 0.2) is 0 Å². The molecular formula is C11H23NO2S. The second-order valence-electron chi connectivity index (χ2n) is 3.76. The zero-order chi connectivity index (χ0) is 11.7. The topological polar surface area (TPSA) is 38.3 Å². The number of thioether (sulfide) groups is 1. The van der Waals surface area contributed by atoms with Crippen LogP contribution < -0.4 is 5.32 Å². The number of ether oxygens (including phenoxy) is 1. The van der Waals surface area contributed by atoms with Gasteiger partial charge in [0.05, 0.1) is 13.0 Å². The summed E-state index contributed by atoms with van der Waals surface area (Å²) >= 11 is 1.85. The minimum absolute atomic E-state index is 0.116. The fraction of sp³-hybridized carbons (Fsp3) is 0.909. The molecular weight excluding hydrogens is 210 g/mol. The Hall–Kier alpha value is -0.220. The Morgan fingerprint density at radius 1 is 1.40 bits per heavy atom. The van der Waals surface area contributed by atoms with Gasteiger partial charge in [-0.1, -0.05) is 0 Å². The summed E-state index contributed by atoms with van der Waals surface area (Å²) in [5.74, 6) is 1.04. The highest BCUT2D eigenvalue weighted by atomic mass is 32.2. The van der Waals surface area contributed by atoms with Crippen LogP contribution in [0.1, 0.15) is 33.6 Å². The van der Waals surface area contributed by atoms with E-state index in [1.807, 2.05) is 25.6 Å². The van der Waals surface area contributed by atoms with Crippen LogP contribution in [0.2, 0.25) is 0 Å². The number of carbonyl (C=O) groups is 1. The molecule has 2 unspecified atom stereocenters. The van der Waals surface area contributed by atoms with Crippen molar-refractivity contribution in [1.29, 1.82) is 0 Å². The quantitative estimate of drug-likeness (QED) is 0.651. The van der Waals surface area contributed by atoms with Crippen molar-refractivity contribution in [2.45, 2.75) is 45.7 Å². The maximum absolute atomic E-state index is 11.2. The molecule has 0 aliphatic heterocycles. The SMILES string of the molecule is CCOC(=O)CC(C)NC(C)CCSC. The molecule has 0 radical (unpaired) electrons. The second-order valence-corrected chi connectivity index (χ2v) is 4.74. The number of hydrogen-bond acceptors (Lipinski definition) is 4. The summed E-state index contributed by atoms with van der Waals surface area (Å²) in [6, 6.07) is 0.655. The monoisotopic (exact) mass is 233 g/mol. The summed E-state index contributed by atoms with van der Waals surface area (Å²) in [6.45, 7) is 6.47. The van der Waals surface area contributed by atoms with Crippen molar-refractivity contribution >= 4 is 17.7 Å². The third kappa shape index (κ3) is 8.75. The van der Waals surface area contributed by atoms with Crippen molar-refractivity contribution in [3.8, 4) is 0 Å². The van der Waals surface area contributed by atoms with E-state index in [2.05, 4.69) is 18.5 Å². The molecule has 0 spiro atoms. The Bertz CT molecular complexity index is 176. The molecule has 4 heteroatoms. The van der Waals surface area contributed by atoms with Crippen LogP contribution in [0.3, 0.4) is 0 Å². The summed E-state index contributed by atoms with van der Waals surface area (Å²) in [7, 11) is 0. The normalized spacial score (nSPS) is 14.7. The van der Waals surface area contributed by atoms with Crippen LogP contribution in [0.5, 0.6) is 0 Å². The van der Waals surface area contributed by atoms with Gasteiger partial charge < -0.3 is 10.1 Å². The highest BCUT2D eigenvalue weighted by Gasteiger charge is 2.11. The van der Waals surface area contributed by atoms with Gasteiger partial charge in [0.15, 0.2) is 0 Å². The maximum atomic E-state index is 11.2. The van der Waals surface area contributed by atoms with E-state index in [9.17, 15) is 4.79 Å². The minimum atomic E-state index is -0.116. The average molecular weight is 233 g/mol. The molecule has 2 atom stereocenters. The number of hydrogen-bond donors (Lipinski definition) is 1. The molecule has 3 nitrogen and oxygen atoms in total. The lowest BCUT2D eigenvalue weighted by molar-refractivity contribution is -0.143. The fourth-order valence-electron chi connectivity index (χ4n) is 1.39. The van der Waals surface area contributed by atoms with Crippen LogP contribution in [-0.2, 0) is 9.53 Å². The Morgan fingerprint density at radius 2 is 2.07 bits per heavy atom. The molecule has 0 rings (SSSR count). The van der Waals surface area contributed by atoms with Gasteiger partial charge in [0, 0.05) is 12.1 Å². The molecule has 0 saturated heterocycles. The molecule has 0 saturated carbocycles. The van der Waals surface area contributed by atoms with Gasteiger partial charge in [0.25, 0.3) is 0 Å². The predicted octanol–water partition coefficient (Wildman–Crippen LogP) is 2.06. The smallest absolute Gasteiger partial charge is 0.307 e. The highest BCUT2D eigenvalue weighted by molar-refractivity contribution is 7.98. The first kappa shape index (κ1) is 14.8. The number of rotatable bonds is 8. The van der Waals surface area contributed by atoms with Crippen LogP contribution in [-0.4, -0.2) is 36.7 Å². The van der Waals surface area contributed by atoms with Gasteiger partial charge in [-0.25, -0.2) is 0 Å². The van der Waals surface area contributed by atoms with E-state index in [-0.39, 0.29) is 12.0 Å². The van der Waals surface area contributed by atoms with Gasteiger partial charge in [0.2, 0.25) is 0 Å². The van der Waals surface area contributed by atoms with E-state index in [1.54, 1.807) is 0 Å². The van der Waals surface area contributed by atoms with E-state index in [0.717, 1.165) is 12.2 Å². The van der Waals surface area contributed by atoms with Crippen LogP contribution >= 0.6 is 11.8 Å². The van der Waals surface area contributed by atoms with Gasteiger partial charge in [-0.3, -0.25) is 4.79 Å². The number of nitrogens with one attached hydrogen (secondary N) is 1. The third-order valence-electron chi connectivity index (χ3n) is 2.10. The fourth-order valence-corrected chi connectivity index (χ4v) is 1.98. The Morgan fingerprint density at radius 3 is 2.60 bits per heavy atom. The average Bonchev–Trinajstić information content (AvgIpc) is 2.14. The van der Waals surface area contributed by atoms with E-state index in [1.165, 1.54) is 0 Å². The van der Waals surface area contributed by atoms with Crippen molar-refractivity contribution in [2.24, 2.45) is 0 Å². The van der Waals surface area contributed by atoms with Gasteiger partial charge in [0.1, 0.15) is 0 Å². The zero-order valence-electron chi connectivity index (χ0n) is 10.2. The Labute approximate surface area is 97.3 Å². The predicted molar refractivity (Wildman–Crippen MR) is 66.3 cm³/mol. The lowest BCUT2D eigenvalue weighted by atomic mass is 10.2. The van der Waals surface area contributed by atoms with Crippen LogP contribution in [0, 0.1) is 0 Å². The van der Waals surface area contributed by atoms with Gasteiger partial charge in [-0.05, 0) is 39.2 Å². The molecule has 15 heavy (non-hydrogen) atoms. The van der Waals surface area contributed by atoms with Crippen molar-refractivity contribution in [2.75, 3.05) is 18.6 Å². The van der Waals surface area contributed by atoms with Crippen LogP contribution in [0.4, 0.5) is 0 Å². The number of carbonyl (C=O) groups excluding carboxylic acids is 1. The Kier molecular flexibility index (Phi) is 8.91. The van der Waals surface area contributed by atoms with E-state index >= 15 is 0 Å². The molecule has 0 heterocycles. The standard InChI is InChI=1S/C11H23NO2S/c1-5-14-11(13)8-10(3)12-9(2)6-7-15-4/h9-10,12H,5-8H2,1-4H3. The molecule has 90 valence electrons. The molecule has 0 aromatic carbocycles. The minimum Gasteiger partial charge on any atom is -0.466 e. The molecule has 1 N–H and O–H groups in total. The summed E-state index contributed by atoms with van der Waals surface area (Å²) in [5.41, 5.74) is 0. The zero-order valence-corrected chi connectivity index (χ0v) is 11.0. The van der Waals surface area contributed by atoms with Crippen molar-refractivity contribution in [3.05, 3.63) is 0 Å². The summed E-state index contributed by atoms with van der Waals surface area (Å²) in [4.78, 5) is 11.2. The first-order chi connectivity index (χ1) is 7.10. The molecule has 0 aliphatic rings. The van der Waals surface area contributed by atoms with Crippen molar-refractivity contribution < 1.29 is 9.53 Å². The summed E-state index contributed by atoms with van der Waals surface area (Å²) in [6.07, 6.45) is 3.69. The molecule has 0 bridgehead atoms. The van der Waals surface area contributed by atoms with E-state index in [4.69, 9.17) is 4.74 Å². The summed E-state index contributed by atoms with van der Waals surface area (Å²) in [5, 5.41) is 3.39. The van der Waals surface area contributed by atoms with Crippen LogP contribution in [0.25, 0.3) is 0 Å². The maximum Gasteiger partial charge on any atom is 0.307 e. The first-order valence-electron chi connectivity index (χ1n) is 5.50. The van der Waals surface area contributed by atoms with Gasteiger partial charge in [-0.2, -0.15) is 11.8 Å². The molecule has 0 fully saturated rings. The third-order valence-corrected chi connectivity index (χ3v) is 2.75. The summed E-state index contributed by atoms with van der Waals surface area (Å²) < 4.78 is 4.89. The number of esters is 1. The Balaban J connectivity index is 3.62. The lowest BCUT2D eigenvalue weighted by Gasteiger charge is -2.18. The largest absolute Gasteiger partial charge is 0.466 e. The first-order valence-corrected chi connectivity index (χ1v) is 6.90. The van der Waals surface area contributed by atoms with Crippen molar-refractivity contribution in [1.82, 2.24) is 5.32 Å².